The normalized spacial score (nSPS) is 11.6. The third-order valence-corrected chi connectivity index (χ3v) is 5.72. The molecule has 0 atom stereocenters. The summed E-state index contributed by atoms with van der Waals surface area (Å²) in [6.45, 7) is 0.232. The molecule has 0 spiro atoms. The van der Waals surface area contributed by atoms with Crippen molar-refractivity contribution in [3.63, 3.8) is 0 Å². The zero-order valence-electron chi connectivity index (χ0n) is 14.8. The second-order valence-electron chi connectivity index (χ2n) is 5.94. The van der Waals surface area contributed by atoms with Gasteiger partial charge in [0, 0.05) is 18.5 Å². The van der Waals surface area contributed by atoms with Gasteiger partial charge in [-0.15, -0.1) is 21.5 Å². The van der Waals surface area contributed by atoms with Crippen LogP contribution in [-0.2, 0) is 17.5 Å². The summed E-state index contributed by atoms with van der Waals surface area (Å²) in [5.74, 6) is -0.550. The van der Waals surface area contributed by atoms with E-state index >= 15 is 0 Å². The van der Waals surface area contributed by atoms with Crippen molar-refractivity contribution < 1.29 is 22.8 Å². The van der Waals surface area contributed by atoms with Crippen LogP contribution in [0.3, 0.4) is 0 Å². The number of ketones is 1. The highest BCUT2D eigenvalue weighted by Crippen LogP contribution is 2.31. The van der Waals surface area contributed by atoms with Crippen molar-refractivity contribution in [1.82, 2.24) is 14.8 Å². The van der Waals surface area contributed by atoms with Crippen LogP contribution in [0.5, 0.6) is 0 Å². The minimum Gasteiger partial charge on any atom is -0.370 e. The molecule has 0 aliphatic heterocycles. The fourth-order valence-electron chi connectivity index (χ4n) is 2.49. The van der Waals surface area contributed by atoms with Gasteiger partial charge in [0.1, 0.15) is 0 Å². The Hall–Kier alpha value is -2.66. The van der Waals surface area contributed by atoms with E-state index in [9.17, 15) is 22.8 Å². The predicted octanol–water partition coefficient (Wildman–Crippen LogP) is 3.88. The van der Waals surface area contributed by atoms with Gasteiger partial charge in [0.15, 0.2) is 16.8 Å². The second-order valence-corrected chi connectivity index (χ2v) is 7.83. The molecule has 0 aliphatic rings. The molecular weight excluding hydrogens is 425 g/mol. The first-order valence-corrected chi connectivity index (χ1v) is 10.2. The van der Waals surface area contributed by atoms with E-state index in [0.717, 1.165) is 28.8 Å². The number of rotatable bonds is 8. The Labute approximate surface area is 171 Å². The van der Waals surface area contributed by atoms with Gasteiger partial charge in [0.05, 0.1) is 16.2 Å². The van der Waals surface area contributed by atoms with Crippen LogP contribution in [0.1, 0.15) is 22.3 Å². The lowest BCUT2D eigenvalue weighted by molar-refractivity contribution is -0.137. The number of nitrogens with two attached hydrogens (primary N) is 1. The van der Waals surface area contributed by atoms with Crippen molar-refractivity contribution in [3.8, 4) is 10.7 Å². The average molecular weight is 440 g/mol. The number of aromatic nitrogens is 3. The Morgan fingerprint density at radius 3 is 2.62 bits per heavy atom. The number of carbonyl (C=O) groups excluding carboxylic acids is 2. The highest BCUT2D eigenvalue weighted by molar-refractivity contribution is 7.99. The number of thioether (sulfide) groups is 1. The fourth-order valence-corrected chi connectivity index (χ4v) is 4.07. The largest absolute Gasteiger partial charge is 0.416 e. The first-order valence-electron chi connectivity index (χ1n) is 8.34. The molecule has 29 heavy (non-hydrogen) atoms. The highest BCUT2D eigenvalue weighted by Gasteiger charge is 2.31. The molecule has 0 radical (unpaired) electrons. The van der Waals surface area contributed by atoms with Crippen molar-refractivity contribution in [2.24, 2.45) is 5.73 Å². The van der Waals surface area contributed by atoms with Gasteiger partial charge in [-0.3, -0.25) is 9.59 Å². The zero-order valence-corrected chi connectivity index (χ0v) is 16.5. The molecule has 6 nitrogen and oxygen atoms in total. The molecule has 2 N–H and O–H groups in total. The number of Topliss-reactive ketones (excluding diaryl/α,β-unsaturated/α-hetero) is 1. The second kappa shape index (κ2) is 8.78. The number of amides is 1. The van der Waals surface area contributed by atoms with Crippen molar-refractivity contribution in [1.29, 1.82) is 0 Å². The third-order valence-electron chi connectivity index (χ3n) is 3.88. The Morgan fingerprint density at radius 2 is 1.97 bits per heavy atom. The van der Waals surface area contributed by atoms with Gasteiger partial charge in [0.2, 0.25) is 5.91 Å². The van der Waals surface area contributed by atoms with Gasteiger partial charge in [0.25, 0.3) is 0 Å². The number of thiophene rings is 1. The van der Waals surface area contributed by atoms with Gasteiger partial charge in [-0.25, -0.2) is 0 Å². The number of benzene rings is 1. The Bertz CT molecular complexity index is 1020. The molecule has 2 aromatic heterocycles. The van der Waals surface area contributed by atoms with Crippen molar-refractivity contribution in [2.45, 2.75) is 24.3 Å². The van der Waals surface area contributed by atoms with Crippen molar-refractivity contribution in [2.75, 3.05) is 5.75 Å². The Balaban J connectivity index is 1.78. The molecule has 3 rings (SSSR count). The van der Waals surface area contributed by atoms with Crippen LogP contribution in [0.2, 0.25) is 0 Å². The molecule has 0 saturated heterocycles. The molecule has 11 heteroatoms. The minimum absolute atomic E-state index is 0.0333. The van der Waals surface area contributed by atoms with Gasteiger partial charge in [-0.1, -0.05) is 30.0 Å². The van der Waals surface area contributed by atoms with Crippen LogP contribution in [0.4, 0.5) is 13.2 Å². The Morgan fingerprint density at radius 1 is 1.17 bits per heavy atom. The van der Waals surface area contributed by atoms with Crippen molar-refractivity contribution >= 4 is 34.8 Å². The summed E-state index contributed by atoms with van der Waals surface area (Å²) in [5, 5.41) is 10.4. The van der Waals surface area contributed by atoms with Gasteiger partial charge in [-0.05, 0) is 23.6 Å². The molecule has 0 fully saturated rings. The molecule has 0 aliphatic carbocycles. The molecule has 0 unspecified atom stereocenters. The summed E-state index contributed by atoms with van der Waals surface area (Å²) in [6.07, 6.45) is -4.46. The van der Waals surface area contributed by atoms with E-state index < -0.39 is 23.4 Å². The van der Waals surface area contributed by atoms with Crippen molar-refractivity contribution in [3.05, 3.63) is 52.9 Å². The summed E-state index contributed by atoms with van der Waals surface area (Å²) in [5.41, 5.74) is 4.32. The van der Waals surface area contributed by atoms with Gasteiger partial charge >= 0.3 is 6.18 Å². The van der Waals surface area contributed by atoms with Crippen LogP contribution >= 0.6 is 23.1 Å². The zero-order chi connectivity index (χ0) is 21.0. The lowest BCUT2D eigenvalue weighted by Crippen LogP contribution is -2.15. The standard InChI is InChI=1S/C18H15F3N4O2S2/c19-18(20,21)12-4-1-3-11(9-12)13(26)10-29-17-24-23-16(14-5-2-8-28-14)25(17)7-6-15(22)27/h1-5,8-9H,6-7,10H2,(H2,22,27). The van der Waals surface area contributed by atoms with E-state index in [-0.39, 0.29) is 24.3 Å². The number of nitrogens with zero attached hydrogens (tertiary/aromatic N) is 3. The quantitative estimate of drug-likeness (QED) is 0.424. The van der Waals surface area contributed by atoms with Crippen LogP contribution < -0.4 is 5.73 Å². The number of halogens is 3. The molecular formula is C18H15F3N4O2S2. The lowest BCUT2D eigenvalue weighted by atomic mass is 10.1. The number of hydrogen-bond donors (Lipinski definition) is 1. The van der Waals surface area contributed by atoms with E-state index in [0.29, 0.717) is 11.0 Å². The summed E-state index contributed by atoms with van der Waals surface area (Å²) >= 11 is 2.48. The van der Waals surface area contributed by atoms with Crippen LogP contribution in [0.15, 0.2) is 46.9 Å². The number of primary amides is 1. The maximum atomic E-state index is 12.8. The van der Waals surface area contributed by atoms with Crippen LogP contribution in [0, 0.1) is 0 Å². The summed E-state index contributed by atoms with van der Waals surface area (Å²) in [6, 6.07) is 7.97. The first kappa shape index (κ1) is 21.1. The molecule has 1 aromatic carbocycles. The van der Waals surface area contributed by atoms with Crippen LogP contribution in [-0.4, -0.2) is 32.2 Å². The van der Waals surface area contributed by atoms with E-state index in [1.807, 2.05) is 17.5 Å². The lowest BCUT2D eigenvalue weighted by Gasteiger charge is -2.09. The topological polar surface area (TPSA) is 90.9 Å². The molecule has 1 amide bonds. The van der Waals surface area contributed by atoms with E-state index in [4.69, 9.17) is 5.73 Å². The number of carbonyl (C=O) groups is 2. The highest BCUT2D eigenvalue weighted by atomic mass is 32.2. The molecule has 2 heterocycles. The monoisotopic (exact) mass is 440 g/mol. The SMILES string of the molecule is NC(=O)CCn1c(SCC(=O)c2cccc(C(F)(F)F)c2)nnc1-c1cccs1. The predicted molar refractivity (Wildman–Crippen MR) is 104 cm³/mol. The molecule has 0 saturated carbocycles. The summed E-state index contributed by atoms with van der Waals surface area (Å²) in [4.78, 5) is 24.4. The summed E-state index contributed by atoms with van der Waals surface area (Å²) in [7, 11) is 0. The maximum absolute atomic E-state index is 12.8. The summed E-state index contributed by atoms with van der Waals surface area (Å²) < 4.78 is 40.2. The molecule has 0 bridgehead atoms. The molecule has 3 aromatic rings. The number of hydrogen-bond acceptors (Lipinski definition) is 6. The van der Waals surface area contributed by atoms with E-state index in [1.54, 1.807) is 4.57 Å². The number of alkyl halides is 3. The maximum Gasteiger partial charge on any atom is 0.416 e. The van der Waals surface area contributed by atoms with E-state index in [2.05, 4.69) is 10.2 Å². The average Bonchev–Trinajstić information content (AvgIpc) is 3.33. The van der Waals surface area contributed by atoms with Gasteiger partial charge < -0.3 is 10.3 Å². The Kier molecular flexibility index (Phi) is 6.38. The van der Waals surface area contributed by atoms with Gasteiger partial charge in [-0.2, -0.15) is 13.2 Å². The fraction of sp³-hybridized carbons (Fsp3) is 0.222. The first-order chi connectivity index (χ1) is 13.8. The minimum atomic E-state index is -4.52. The molecule has 152 valence electrons. The van der Waals surface area contributed by atoms with Crippen LogP contribution in [0.25, 0.3) is 10.7 Å². The smallest absolute Gasteiger partial charge is 0.370 e. The third kappa shape index (κ3) is 5.24. The van der Waals surface area contributed by atoms with E-state index in [1.165, 1.54) is 23.5 Å².